The fourth-order valence-corrected chi connectivity index (χ4v) is 1.88. The number of nitrogens with one attached hydrogen (secondary N) is 1. The molecule has 5 heteroatoms. The van der Waals surface area contributed by atoms with Crippen LogP contribution < -0.4 is 11.1 Å². The van der Waals surface area contributed by atoms with Crippen LogP contribution in [0.4, 0.5) is 0 Å². The van der Waals surface area contributed by atoms with E-state index in [-0.39, 0.29) is 18.0 Å². The second-order valence-electron chi connectivity index (χ2n) is 3.58. The highest BCUT2D eigenvalue weighted by atomic mass is 79.9. The molecule has 1 aliphatic carbocycles. The van der Waals surface area contributed by atoms with E-state index in [1.165, 1.54) is 0 Å². The molecule has 3 N–H and O–H groups in total. The highest BCUT2D eigenvalue weighted by Crippen LogP contribution is 2.27. The Morgan fingerprint density at radius 2 is 2.27 bits per heavy atom. The summed E-state index contributed by atoms with van der Waals surface area (Å²) in [7, 11) is 0. The van der Waals surface area contributed by atoms with Gasteiger partial charge in [0, 0.05) is 16.6 Å². The third kappa shape index (κ3) is 2.33. The second-order valence-corrected chi connectivity index (χ2v) is 4.81. The van der Waals surface area contributed by atoms with Crippen molar-refractivity contribution in [3.05, 3.63) is 33.3 Å². The van der Waals surface area contributed by atoms with E-state index in [9.17, 15) is 4.79 Å². The van der Waals surface area contributed by atoms with Gasteiger partial charge in [-0.05, 0) is 34.5 Å². The van der Waals surface area contributed by atoms with E-state index < -0.39 is 0 Å². The maximum absolute atomic E-state index is 11.7. The topological polar surface area (TPSA) is 55.1 Å². The van der Waals surface area contributed by atoms with Crippen LogP contribution in [0.2, 0.25) is 5.02 Å². The van der Waals surface area contributed by atoms with Crippen molar-refractivity contribution < 1.29 is 4.79 Å². The predicted molar refractivity (Wildman–Crippen MR) is 63.0 cm³/mol. The maximum atomic E-state index is 11.7. The van der Waals surface area contributed by atoms with Crippen molar-refractivity contribution in [2.75, 3.05) is 0 Å². The quantitative estimate of drug-likeness (QED) is 0.874. The summed E-state index contributed by atoms with van der Waals surface area (Å²) in [6.45, 7) is 0. The Morgan fingerprint density at radius 1 is 1.60 bits per heavy atom. The van der Waals surface area contributed by atoms with E-state index in [1.54, 1.807) is 18.2 Å². The van der Waals surface area contributed by atoms with Crippen LogP contribution in [0.25, 0.3) is 0 Å². The molecule has 1 fully saturated rings. The van der Waals surface area contributed by atoms with E-state index >= 15 is 0 Å². The Bertz CT molecular complexity index is 410. The zero-order valence-electron chi connectivity index (χ0n) is 7.84. The van der Waals surface area contributed by atoms with Gasteiger partial charge in [-0.25, -0.2) is 0 Å². The van der Waals surface area contributed by atoms with Crippen LogP contribution in [0, 0.1) is 0 Å². The molecule has 0 heterocycles. The summed E-state index contributed by atoms with van der Waals surface area (Å²) in [5.74, 6) is -0.167. The lowest BCUT2D eigenvalue weighted by Crippen LogP contribution is -2.29. The lowest BCUT2D eigenvalue weighted by atomic mass is 10.2. The number of carbonyl (C=O) groups excluding carboxylic acids is 1. The highest BCUT2D eigenvalue weighted by Gasteiger charge is 2.35. The van der Waals surface area contributed by atoms with Crippen LogP contribution in [0.15, 0.2) is 22.7 Å². The average Bonchev–Trinajstić information content (AvgIpc) is 2.86. The number of rotatable bonds is 2. The van der Waals surface area contributed by atoms with Crippen LogP contribution in [0.1, 0.15) is 16.8 Å². The Hall–Kier alpha value is -0.580. The SMILES string of the molecule is NC1CC1NC(=O)c1cccc(Br)c1Cl. The first kappa shape index (κ1) is 10.9. The van der Waals surface area contributed by atoms with Gasteiger partial charge in [0.25, 0.3) is 5.91 Å². The van der Waals surface area contributed by atoms with Gasteiger partial charge in [-0.15, -0.1) is 0 Å². The van der Waals surface area contributed by atoms with Crippen molar-refractivity contribution in [1.82, 2.24) is 5.32 Å². The van der Waals surface area contributed by atoms with Crippen LogP contribution >= 0.6 is 27.5 Å². The summed E-state index contributed by atoms with van der Waals surface area (Å²) in [5.41, 5.74) is 6.08. The molecule has 3 nitrogen and oxygen atoms in total. The van der Waals surface area contributed by atoms with E-state index in [0.717, 1.165) is 10.9 Å². The number of halogens is 2. The molecular weight excluding hydrogens is 279 g/mol. The van der Waals surface area contributed by atoms with Crippen molar-refractivity contribution in [2.45, 2.75) is 18.5 Å². The summed E-state index contributed by atoms with van der Waals surface area (Å²) in [5, 5.41) is 3.25. The van der Waals surface area contributed by atoms with E-state index in [1.807, 2.05) is 0 Å². The molecule has 2 atom stereocenters. The summed E-state index contributed by atoms with van der Waals surface area (Å²) < 4.78 is 0.719. The van der Waals surface area contributed by atoms with Gasteiger partial charge in [0.15, 0.2) is 0 Å². The Balaban J connectivity index is 2.14. The van der Waals surface area contributed by atoms with Gasteiger partial charge in [0.2, 0.25) is 0 Å². The maximum Gasteiger partial charge on any atom is 0.253 e. The van der Waals surface area contributed by atoms with Gasteiger partial charge in [0.1, 0.15) is 0 Å². The summed E-state index contributed by atoms with van der Waals surface area (Å²) in [4.78, 5) is 11.7. The molecular formula is C10H10BrClN2O. The Kier molecular flexibility index (Phi) is 3.00. The lowest BCUT2D eigenvalue weighted by Gasteiger charge is -2.06. The molecule has 1 aliphatic rings. The molecule has 1 amide bonds. The minimum Gasteiger partial charge on any atom is -0.348 e. The molecule has 0 aliphatic heterocycles. The fourth-order valence-electron chi connectivity index (χ4n) is 1.31. The first-order valence-electron chi connectivity index (χ1n) is 4.60. The normalized spacial score (nSPS) is 23.7. The van der Waals surface area contributed by atoms with Crippen LogP contribution in [-0.2, 0) is 0 Å². The van der Waals surface area contributed by atoms with Crippen molar-refractivity contribution in [3.63, 3.8) is 0 Å². The largest absolute Gasteiger partial charge is 0.348 e. The minimum atomic E-state index is -0.167. The number of nitrogens with two attached hydrogens (primary N) is 1. The lowest BCUT2D eigenvalue weighted by molar-refractivity contribution is 0.0950. The van der Waals surface area contributed by atoms with Crippen LogP contribution in [-0.4, -0.2) is 18.0 Å². The molecule has 0 saturated heterocycles. The molecule has 2 unspecified atom stereocenters. The van der Waals surface area contributed by atoms with Crippen molar-refractivity contribution in [1.29, 1.82) is 0 Å². The molecule has 1 aromatic carbocycles. The Morgan fingerprint density at radius 3 is 2.87 bits per heavy atom. The summed E-state index contributed by atoms with van der Waals surface area (Å²) >= 11 is 9.26. The minimum absolute atomic E-state index is 0.0971. The predicted octanol–water partition coefficient (Wildman–Crippen LogP) is 1.93. The molecule has 1 aromatic rings. The van der Waals surface area contributed by atoms with E-state index in [2.05, 4.69) is 21.2 Å². The second kappa shape index (κ2) is 4.12. The van der Waals surface area contributed by atoms with Crippen LogP contribution in [0.5, 0.6) is 0 Å². The zero-order chi connectivity index (χ0) is 11.0. The van der Waals surface area contributed by atoms with Crippen LogP contribution in [0.3, 0.4) is 0 Å². The number of hydrogen-bond acceptors (Lipinski definition) is 2. The number of carbonyl (C=O) groups is 1. The molecule has 80 valence electrons. The first-order valence-corrected chi connectivity index (χ1v) is 5.77. The van der Waals surface area contributed by atoms with Crippen molar-refractivity contribution >= 4 is 33.4 Å². The molecule has 15 heavy (non-hydrogen) atoms. The first-order chi connectivity index (χ1) is 7.09. The zero-order valence-corrected chi connectivity index (χ0v) is 10.2. The highest BCUT2D eigenvalue weighted by molar-refractivity contribution is 9.10. The number of benzene rings is 1. The molecule has 2 rings (SSSR count). The van der Waals surface area contributed by atoms with Gasteiger partial charge < -0.3 is 11.1 Å². The Labute approximate surface area is 101 Å². The molecule has 0 aromatic heterocycles. The molecule has 0 bridgehead atoms. The summed E-state index contributed by atoms with van der Waals surface area (Å²) in [6, 6.07) is 5.46. The molecule has 0 spiro atoms. The fraction of sp³-hybridized carbons (Fsp3) is 0.300. The summed E-state index contributed by atoms with van der Waals surface area (Å²) in [6.07, 6.45) is 0.845. The smallest absolute Gasteiger partial charge is 0.253 e. The monoisotopic (exact) mass is 288 g/mol. The van der Waals surface area contributed by atoms with E-state index in [4.69, 9.17) is 17.3 Å². The standard InChI is InChI=1S/C10H10BrClN2O/c11-6-3-1-2-5(9(6)12)10(15)14-8-4-7(8)13/h1-3,7-8H,4,13H2,(H,14,15). The van der Waals surface area contributed by atoms with Gasteiger partial charge >= 0.3 is 0 Å². The number of hydrogen-bond donors (Lipinski definition) is 2. The van der Waals surface area contributed by atoms with Crippen molar-refractivity contribution in [2.24, 2.45) is 5.73 Å². The average molecular weight is 290 g/mol. The van der Waals surface area contributed by atoms with E-state index in [0.29, 0.717) is 10.6 Å². The van der Waals surface area contributed by atoms with Crippen molar-refractivity contribution in [3.8, 4) is 0 Å². The van der Waals surface area contributed by atoms with Gasteiger partial charge in [-0.2, -0.15) is 0 Å². The molecule has 1 saturated carbocycles. The molecule has 0 radical (unpaired) electrons. The third-order valence-corrected chi connectivity index (χ3v) is 3.65. The van der Waals surface area contributed by atoms with Gasteiger partial charge in [-0.1, -0.05) is 17.7 Å². The van der Waals surface area contributed by atoms with Gasteiger partial charge in [-0.3, -0.25) is 4.79 Å². The number of amides is 1. The van der Waals surface area contributed by atoms with Gasteiger partial charge in [0.05, 0.1) is 10.6 Å². The third-order valence-electron chi connectivity index (χ3n) is 2.35.